The van der Waals surface area contributed by atoms with Crippen LogP contribution in [0.15, 0.2) is 48.8 Å². The molecule has 0 spiro atoms. The molecule has 0 radical (unpaired) electrons. The first-order chi connectivity index (χ1) is 13.4. The van der Waals surface area contributed by atoms with Gasteiger partial charge in [0.2, 0.25) is 5.91 Å². The highest BCUT2D eigenvalue weighted by Gasteiger charge is 2.23. The molecule has 3 rings (SSSR count). The van der Waals surface area contributed by atoms with Crippen molar-refractivity contribution in [3.8, 4) is 0 Å². The fourth-order valence-corrected chi connectivity index (χ4v) is 2.88. The number of hydrogen-bond acceptors (Lipinski definition) is 4. The summed E-state index contributed by atoms with van der Waals surface area (Å²) in [5, 5.41) is 4.39. The van der Waals surface area contributed by atoms with E-state index in [9.17, 15) is 13.6 Å². The minimum Gasteiger partial charge on any atom is -0.369 e. The fraction of sp³-hybridized carbons (Fsp3) is 0.250. The minimum atomic E-state index is -0.914. The number of aromatic nitrogens is 3. The highest BCUT2D eigenvalue weighted by Crippen LogP contribution is 2.24. The normalized spacial score (nSPS) is 12.0. The number of rotatable bonds is 7. The molecular weight excluding hydrogens is 364 g/mol. The molecule has 0 aliphatic rings. The molecule has 2 aromatic heterocycles. The van der Waals surface area contributed by atoms with Crippen LogP contribution in [0.2, 0.25) is 0 Å². The van der Waals surface area contributed by atoms with Gasteiger partial charge in [0.05, 0.1) is 12.2 Å². The number of hydrogen-bond donors (Lipinski definition) is 1. The number of amides is 1. The molecule has 1 amide bonds. The predicted octanol–water partition coefficient (Wildman–Crippen LogP) is 2.68. The quantitative estimate of drug-likeness (QED) is 0.678. The number of nitrogens with two attached hydrogens (primary N) is 1. The number of carbonyl (C=O) groups excluding carboxylic acids is 1. The molecule has 0 aliphatic carbocycles. The summed E-state index contributed by atoms with van der Waals surface area (Å²) < 4.78 is 28.0. The number of pyridine rings is 1. The molecule has 8 heteroatoms. The Hall–Kier alpha value is -3.29. The van der Waals surface area contributed by atoms with Gasteiger partial charge in [-0.3, -0.25) is 9.48 Å². The van der Waals surface area contributed by atoms with E-state index in [0.717, 1.165) is 24.5 Å². The van der Waals surface area contributed by atoms with Crippen LogP contribution in [0, 0.1) is 11.6 Å². The maximum Gasteiger partial charge on any atom is 0.231 e. The van der Waals surface area contributed by atoms with E-state index in [1.807, 2.05) is 24.9 Å². The molecular formula is C20H21F2N5O. The molecule has 0 saturated heterocycles. The zero-order valence-corrected chi connectivity index (χ0v) is 15.6. The SMILES string of the molecule is CCN(C)c1ccc(C(C(N)=O)c2ccn(Cc3ccc(F)c(F)c3)n2)cn1. The van der Waals surface area contributed by atoms with Crippen LogP contribution in [-0.2, 0) is 11.3 Å². The van der Waals surface area contributed by atoms with E-state index in [4.69, 9.17) is 5.73 Å². The van der Waals surface area contributed by atoms with Crippen molar-refractivity contribution in [1.82, 2.24) is 14.8 Å². The largest absolute Gasteiger partial charge is 0.369 e. The topological polar surface area (TPSA) is 77.0 Å². The van der Waals surface area contributed by atoms with Gasteiger partial charge in [-0.1, -0.05) is 12.1 Å². The third-order valence-corrected chi connectivity index (χ3v) is 4.54. The van der Waals surface area contributed by atoms with Crippen LogP contribution in [0.4, 0.5) is 14.6 Å². The lowest BCUT2D eigenvalue weighted by atomic mass is 9.97. The van der Waals surface area contributed by atoms with Crippen molar-refractivity contribution in [3.05, 3.63) is 77.2 Å². The molecule has 1 unspecified atom stereocenters. The smallest absolute Gasteiger partial charge is 0.231 e. The van der Waals surface area contributed by atoms with Crippen molar-refractivity contribution >= 4 is 11.7 Å². The molecule has 2 heterocycles. The Morgan fingerprint density at radius 1 is 1.21 bits per heavy atom. The Labute approximate surface area is 161 Å². The van der Waals surface area contributed by atoms with Gasteiger partial charge in [0.15, 0.2) is 11.6 Å². The number of halogens is 2. The van der Waals surface area contributed by atoms with Gasteiger partial charge in [-0.25, -0.2) is 13.8 Å². The minimum absolute atomic E-state index is 0.237. The van der Waals surface area contributed by atoms with Crippen molar-refractivity contribution in [3.63, 3.8) is 0 Å². The van der Waals surface area contributed by atoms with Crippen molar-refractivity contribution in [2.45, 2.75) is 19.4 Å². The first-order valence-electron chi connectivity index (χ1n) is 8.82. The van der Waals surface area contributed by atoms with Crippen molar-refractivity contribution in [2.24, 2.45) is 5.73 Å². The highest BCUT2D eigenvalue weighted by atomic mass is 19.2. The lowest BCUT2D eigenvalue weighted by Crippen LogP contribution is -2.24. The molecule has 3 aromatic rings. The van der Waals surface area contributed by atoms with Crippen LogP contribution >= 0.6 is 0 Å². The Balaban J connectivity index is 1.83. The van der Waals surface area contributed by atoms with E-state index >= 15 is 0 Å². The van der Waals surface area contributed by atoms with E-state index in [1.165, 1.54) is 6.07 Å². The van der Waals surface area contributed by atoms with Crippen LogP contribution in [-0.4, -0.2) is 34.3 Å². The number of carbonyl (C=O) groups is 1. The fourth-order valence-electron chi connectivity index (χ4n) is 2.88. The molecule has 0 fully saturated rings. The van der Waals surface area contributed by atoms with Crippen molar-refractivity contribution in [1.29, 1.82) is 0 Å². The number of nitrogens with zero attached hydrogens (tertiary/aromatic N) is 4. The van der Waals surface area contributed by atoms with E-state index in [1.54, 1.807) is 29.2 Å². The number of benzene rings is 1. The maximum atomic E-state index is 13.4. The second-order valence-electron chi connectivity index (χ2n) is 6.49. The lowest BCUT2D eigenvalue weighted by Gasteiger charge is -2.17. The van der Waals surface area contributed by atoms with Gasteiger partial charge >= 0.3 is 0 Å². The molecule has 0 saturated carbocycles. The van der Waals surface area contributed by atoms with Crippen molar-refractivity contribution in [2.75, 3.05) is 18.5 Å². The summed E-state index contributed by atoms with van der Waals surface area (Å²) in [7, 11) is 1.92. The van der Waals surface area contributed by atoms with Gasteiger partial charge in [-0.05, 0) is 42.3 Å². The van der Waals surface area contributed by atoms with Crippen LogP contribution in [0.1, 0.15) is 29.7 Å². The summed E-state index contributed by atoms with van der Waals surface area (Å²) in [4.78, 5) is 18.4. The van der Waals surface area contributed by atoms with Gasteiger partial charge in [0, 0.05) is 26.0 Å². The molecule has 0 aliphatic heterocycles. The van der Waals surface area contributed by atoms with Gasteiger partial charge < -0.3 is 10.6 Å². The van der Waals surface area contributed by atoms with Crippen LogP contribution in [0.25, 0.3) is 0 Å². The Kier molecular flexibility index (Phi) is 5.67. The molecule has 28 heavy (non-hydrogen) atoms. The van der Waals surface area contributed by atoms with E-state index in [2.05, 4.69) is 10.1 Å². The molecule has 0 bridgehead atoms. The molecule has 146 valence electrons. The number of anilines is 1. The van der Waals surface area contributed by atoms with Gasteiger partial charge in [-0.15, -0.1) is 0 Å². The maximum absolute atomic E-state index is 13.4. The molecule has 2 N–H and O–H groups in total. The first kappa shape index (κ1) is 19.5. The monoisotopic (exact) mass is 385 g/mol. The predicted molar refractivity (Wildman–Crippen MR) is 102 cm³/mol. The average Bonchev–Trinajstić information content (AvgIpc) is 3.12. The van der Waals surface area contributed by atoms with Gasteiger partial charge in [0.1, 0.15) is 11.7 Å². The van der Waals surface area contributed by atoms with Crippen LogP contribution in [0.5, 0.6) is 0 Å². The summed E-state index contributed by atoms with van der Waals surface area (Å²) in [6.45, 7) is 3.06. The summed E-state index contributed by atoms with van der Waals surface area (Å²) in [5.74, 6) is -2.32. The third-order valence-electron chi connectivity index (χ3n) is 4.54. The second-order valence-corrected chi connectivity index (χ2v) is 6.49. The van der Waals surface area contributed by atoms with Gasteiger partial charge in [0.25, 0.3) is 0 Å². The molecule has 1 aromatic carbocycles. The summed E-state index contributed by atoms with van der Waals surface area (Å²) in [6, 6.07) is 8.99. The first-order valence-corrected chi connectivity index (χ1v) is 8.82. The summed E-state index contributed by atoms with van der Waals surface area (Å²) in [6.07, 6.45) is 3.28. The third kappa shape index (κ3) is 4.16. The molecule has 1 atom stereocenters. The van der Waals surface area contributed by atoms with Crippen LogP contribution < -0.4 is 10.6 Å². The number of primary amides is 1. The van der Waals surface area contributed by atoms with Crippen molar-refractivity contribution < 1.29 is 13.6 Å². The van der Waals surface area contributed by atoms with Crippen LogP contribution in [0.3, 0.4) is 0 Å². The standard InChI is InChI=1S/C20H21F2N5O/c1-3-26(2)18-7-5-14(11-24-18)19(20(23)28)17-8-9-27(25-17)12-13-4-6-15(21)16(22)10-13/h4-11,19H,3,12H2,1-2H3,(H2,23,28). The molecule has 6 nitrogen and oxygen atoms in total. The lowest BCUT2D eigenvalue weighted by molar-refractivity contribution is -0.118. The van der Waals surface area contributed by atoms with E-state index in [0.29, 0.717) is 16.8 Å². The Bertz CT molecular complexity index is 971. The summed E-state index contributed by atoms with van der Waals surface area (Å²) in [5.41, 5.74) is 7.26. The second kappa shape index (κ2) is 8.16. The Morgan fingerprint density at radius 3 is 2.61 bits per heavy atom. The zero-order valence-electron chi connectivity index (χ0n) is 15.6. The average molecular weight is 385 g/mol. The Morgan fingerprint density at radius 2 is 2.00 bits per heavy atom. The summed E-state index contributed by atoms with van der Waals surface area (Å²) >= 11 is 0. The van der Waals surface area contributed by atoms with E-state index < -0.39 is 23.5 Å². The zero-order chi connectivity index (χ0) is 20.3. The van der Waals surface area contributed by atoms with E-state index in [-0.39, 0.29) is 6.54 Å². The highest BCUT2D eigenvalue weighted by molar-refractivity contribution is 5.85. The van der Waals surface area contributed by atoms with Gasteiger partial charge in [-0.2, -0.15) is 5.10 Å².